The van der Waals surface area contributed by atoms with E-state index in [0.29, 0.717) is 0 Å². The SMILES string of the molecule is C=Cc1ccc(NCC)cc1. The first-order valence-corrected chi connectivity index (χ1v) is 3.83. The van der Waals surface area contributed by atoms with Crippen molar-refractivity contribution in [2.24, 2.45) is 0 Å². The van der Waals surface area contributed by atoms with Gasteiger partial charge in [0.1, 0.15) is 0 Å². The molecule has 0 heterocycles. The molecule has 0 spiro atoms. The maximum Gasteiger partial charge on any atom is 0.0340 e. The van der Waals surface area contributed by atoms with Crippen molar-refractivity contribution >= 4 is 11.8 Å². The van der Waals surface area contributed by atoms with Crippen LogP contribution in [0.15, 0.2) is 30.8 Å². The molecular weight excluding hydrogens is 134 g/mol. The maximum atomic E-state index is 3.69. The van der Waals surface area contributed by atoms with Crippen LogP contribution in [0.1, 0.15) is 12.5 Å². The van der Waals surface area contributed by atoms with Crippen LogP contribution in [0.5, 0.6) is 0 Å². The summed E-state index contributed by atoms with van der Waals surface area (Å²) < 4.78 is 0. The van der Waals surface area contributed by atoms with Gasteiger partial charge >= 0.3 is 0 Å². The minimum Gasteiger partial charge on any atom is -0.385 e. The predicted molar refractivity (Wildman–Crippen MR) is 50.7 cm³/mol. The second-order valence-electron chi connectivity index (χ2n) is 2.36. The van der Waals surface area contributed by atoms with Gasteiger partial charge in [0, 0.05) is 12.2 Å². The highest BCUT2D eigenvalue weighted by atomic mass is 14.8. The molecule has 11 heavy (non-hydrogen) atoms. The van der Waals surface area contributed by atoms with E-state index in [4.69, 9.17) is 0 Å². The lowest BCUT2D eigenvalue weighted by atomic mass is 10.2. The van der Waals surface area contributed by atoms with Crippen LogP contribution >= 0.6 is 0 Å². The van der Waals surface area contributed by atoms with E-state index in [1.807, 2.05) is 18.2 Å². The van der Waals surface area contributed by atoms with Crippen molar-refractivity contribution in [2.45, 2.75) is 6.92 Å². The lowest BCUT2D eigenvalue weighted by molar-refractivity contribution is 1.21. The Morgan fingerprint density at radius 2 is 2.00 bits per heavy atom. The molecule has 0 amide bonds. The monoisotopic (exact) mass is 147 g/mol. The Morgan fingerprint density at radius 3 is 2.45 bits per heavy atom. The zero-order valence-electron chi connectivity index (χ0n) is 6.80. The minimum absolute atomic E-state index is 0.966. The van der Waals surface area contributed by atoms with Gasteiger partial charge in [0.25, 0.3) is 0 Å². The highest BCUT2D eigenvalue weighted by Crippen LogP contribution is 2.09. The predicted octanol–water partition coefficient (Wildman–Crippen LogP) is 2.76. The second-order valence-corrected chi connectivity index (χ2v) is 2.36. The number of anilines is 1. The molecule has 0 saturated carbocycles. The first kappa shape index (κ1) is 7.86. The molecule has 1 aromatic rings. The third-order valence-electron chi connectivity index (χ3n) is 1.53. The van der Waals surface area contributed by atoms with Gasteiger partial charge in [0.05, 0.1) is 0 Å². The summed E-state index contributed by atoms with van der Waals surface area (Å²) >= 11 is 0. The molecule has 1 heteroatoms. The molecule has 58 valence electrons. The molecule has 0 bridgehead atoms. The van der Waals surface area contributed by atoms with Crippen molar-refractivity contribution in [1.82, 2.24) is 0 Å². The number of benzene rings is 1. The fourth-order valence-corrected chi connectivity index (χ4v) is 0.941. The van der Waals surface area contributed by atoms with Crippen molar-refractivity contribution in [3.63, 3.8) is 0 Å². The first-order chi connectivity index (χ1) is 5.36. The van der Waals surface area contributed by atoms with Crippen LogP contribution in [0.3, 0.4) is 0 Å². The van der Waals surface area contributed by atoms with E-state index >= 15 is 0 Å². The molecule has 1 aromatic carbocycles. The van der Waals surface area contributed by atoms with Crippen LogP contribution in [0.2, 0.25) is 0 Å². The van der Waals surface area contributed by atoms with Gasteiger partial charge in [-0.15, -0.1) is 0 Å². The Labute approximate surface area is 67.8 Å². The summed E-state index contributed by atoms with van der Waals surface area (Å²) in [7, 11) is 0. The third-order valence-corrected chi connectivity index (χ3v) is 1.53. The van der Waals surface area contributed by atoms with E-state index in [0.717, 1.165) is 17.8 Å². The second kappa shape index (κ2) is 3.81. The summed E-state index contributed by atoms with van der Waals surface area (Å²) in [5, 5.41) is 3.22. The summed E-state index contributed by atoms with van der Waals surface area (Å²) in [6, 6.07) is 8.21. The molecule has 1 nitrogen and oxygen atoms in total. The van der Waals surface area contributed by atoms with Gasteiger partial charge in [0.2, 0.25) is 0 Å². The van der Waals surface area contributed by atoms with Gasteiger partial charge < -0.3 is 5.32 Å². The zero-order valence-corrected chi connectivity index (χ0v) is 6.80. The van der Waals surface area contributed by atoms with Gasteiger partial charge in [0.15, 0.2) is 0 Å². The molecule has 0 aliphatic carbocycles. The average molecular weight is 147 g/mol. The lowest BCUT2D eigenvalue weighted by Gasteiger charge is -2.01. The van der Waals surface area contributed by atoms with E-state index < -0.39 is 0 Å². The maximum absolute atomic E-state index is 3.69. The van der Waals surface area contributed by atoms with Crippen LogP contribution in [0.4, 0.5) is 5.69 Å². The van der Waals surface area contributed by atoms with Gasteiger partial charge in [-0.1, -0.05) is 24.8 Å². The average Bonchev–Trinajstić information content (AvgIpc) is 2.07. The number of hydrogen-bond donors (Lipinski definition) is 1. The van der Waals surface area contributed by atoms with Gasteiger partial charge in [-0.05, 0) is 24.6 Å². The minimum atomic E-state index is 0.966. The molecule has 0 radical (unpaired) electrons. The van der Waals surface area contributed by atoms with E-state index in [1.165, 1.54) is 0 Å². The Hall–Kier alpha value is -1.24. The molecule has 0 atom stereocenters. The smallest absolute Gasteiger partial charge is 0.0340 e. The van der Waals surface area contributed by atoms with Crippen molar-refractivity contribution in [3.05, 3.63) is 36.4 Å². The molecule has 0 unspecified atom stereocenters. The number of nitrogens with one attached hydrogen (secondary N) is 1. The molecule has 0 saturated heterocycles. The first-order valence-electron chi connectivity index (χ1n) is 3.83. The van der Waals surface area contributed by atoms with Crippen LogP contribution in [0, 0.1) is 0 Å². The standard InChI is InChI=1S/C10H13N/c1-3-9-5-7-10(8-6-9)11-4-2/h3,5-8,11H,1,4H2,2H3. The van der Waals surface area contributed by atoms with Gasteiger partial charge in [-0.3, -0.25) is 0 Å². The molecule has 0 aliphatic heterocycles. The fraction of sp³-hybridized carbons (Fsp3) is 0.200. The third kappa shape index (κ3) is 2.11. The summed E-state index contributed by atoms with van der Waals surface area (Å²) in [6.07, 6.45) is 1.84. The normalized spacial score (nSPS) is 9.18. The summed E-state index contributed by atoms with van der Waals surface area (Å²) in [6.45, 7) is 6.74. The van der Waals surface area contributed by atoms with E-state index in [-0.39, 0.29) is 0 Å². The molecule has 1 N–H and O–H groups in total. The van der Waals surface area contributed by atoms with Crippen molar-refractivity contribution < 1.29 is 0 Å². The Morgan fingerprint density at radius 1 is 1.36 bits per heavy atom. The quantitative estimate of drug-likeness (QED) is 0.693. The van der Waals surface area contributed by atoms with E-state index in [1.54, 1.807) is 0 Å². The van der Waals surface area contributed by atoms with Crippen LogP contribution < -0.4 is 5.32 Å². The highest BCUT2D eigenvalue weighted by Gasteiger charge is 1.87. The molecule has 0 aromatic heterocycles. The Balaban J connectivity index is 2.74. The van der Waals surface area contributed by atoms with Crippen LogP contribution in [-0.2, 0) is 0 Å². The number of rotatable bonds is 3. The van der Waals surface area contributed by atoms with Gasteiger partial charge in [-0.2, -0.15) is 0 Å². The van der Waals surface area contributed by atoms with E-state index in [2.05, 4.69) is 31.0 Å². The van der Waals surface area contributed by atoms with Crippen LogP contribution in [0.25, 0.3) is 6.08 Å². The number of hydrogen-bond acceptors (Lipinski definition) is 1. The highest BCUT2D eigenvalue weighted by molar-refractivity contribution is 5.53. The fourth-order valence-electron chi connectivity index (χ4n) is 0.941. The largest absolute Gasteiger partial charge is 0.385 e. The van der Waals surface area contributed by atoms with Crippen LogP contribution in [-0.4, -0.2) is 6.54 Å². The summed E-state index contributed by atoms with van der Waals surface area (Å²) in [4.78, 5) is 0. The molecule has 1 rings (SSSR count). The van der Waals surface area contributed by atoms with Crippen molar-refractivity contribution in [3.8, 4) is 0 Å². The Bertz CT molecular complexity index is 223. The zero-order chi connectivity index (χ0) is 8.10. The lowest BCUT2D eigenvalue weighted by Crippen LogP contribution is -1.95. The molecular formula is C10H13N. The summed E-state index contributed by atoms with van der Waals surface area (Å²) in [5.41, 5.74) is 2.32. The molecule has 0 fully saturated rings. The summed E-state index contributed by atoms with van der Waals surface area (Å²) in [5.74, 6) is 0. The van der Waals surface area contributed by atoms with Crippen molar-refractivity contribution in [2.75, 3.05) is 11.9 Å². The topological polar surface area (TPSA) is 12.0 Å². The van der Waals surface area contributed by atoms with Crippen molar-refractivity contribution in [1.29, 1.82) is 0 Å². The molecule has 0 aliphatic rings. The van der Waals surface area contributed by atoms with Gasteiger partial charge in [-0.25, -0.2) is 0 Å². The Kier molecular flexibility index (Phi) is 2.73. The van der Waals surface area contributed by atoms with E-state index in [9.17, 15) is 0 Å².